The van der Waals surface area contributed by atoms with Crippen molar-refractivity contribution < 1.29 is 14.3 Å². The van der Waals surface area contributed by atoms with Crippen molar-refractivity contribution in [1.82, 2.24) is 25.1 Å². The quantitative estimate of drug-likeness (QED) is 0.399. The number of carbonyl (C=O) groups is 1. The van der Waals surface area contributed by atoms with Crippen LogP contribution in [0.2, 0.25) is 0 Å². The topological polar surface area (TPSA) is 103 Å². The maximum atomic E-state index is 12.8. The summed E-state index contributed by atoms with van der Waals surface area (Å²) in [6, 6.07) is 11.0. The van der Waals surface area contributed by atoms with Gasteiger partial charge in [-0.3, -0.25) is 10.1 Å². The first-order valence-corrected chi connectivity index (χ1v) is 11.3. The molecule has 11 heteroatoms. The number of hydrogen-bond donors (Lipinski definition) is 2. The van der Waals surface area contributed by atoms with Crippen LogP contribution in [0, 0.1) is 6.92 Å². The molecule has 0 saturated carbocycles. The van der Waals surface area contributed by atoms with Crippen LogP contribution in [0.3, 0.4) is 0 Å². The lowest BCUT2D eigenvalue weighted by atomic mass is 10.1. The number of methoxy groups -OCH3 is 2. The van der Waals surface area contributed by atoms with Crippen LogP contribution in [0.25, 0.3) is 15.5 Å². The highest BCUT2D eigenvalue weighted by atomic mass is 32.1. The first-order chi connectivity index (χ1) is 15.9. The minimum Gasteiger partial charge on any atom is -0.496 e. The number of amides is 1. The molecule has 0 radical (unpaired) electrons. The fraction of sp³-hybridized carbons (Fsp3) is 0.227. The summed E-state index contributed by atoms with van der Waals surface area (Å²) in [7, 11) is 2.99. The molecule has 2 aromatic carbocycles. The van der Waals surface area contributed by atoms with Crippen LogP contribution >= 0.6 is 23.6 Å². The molecule has 9 nitrogen and oxygen atoms in total. The van der Waals surface area contributed by atoms with Gasteiger partial charge in [0.15, 0.2) is 10.9 Å². The zero-order chi connectivity index (χ0) is 23.5. The second kappa shape index (κ2) is 9.51. The van der Waals surface area contributed by atoms with Gasteiger partial charge >= 0.3 is 0 Å². The van der Waals surface area contributed by atoms with Crippen LogP contribution < -0.4 is 20.1 Å². The van der Waals surface area contributed by atoms with Crippen LogP contribution in [-0.4, -0.2) is 45.1 Å². The van der Waals surface area contributed by atoms with Gasteiger partial charge in [0.25, 0.3) is 5.91 Å². The Balaban J connectivity index is 1.50. The Bertz CT molecular complexity index is 1330. The number of rotatable bonds is 6. The summed E-state index contributed by atoms with van der Waals surface area (Å²) in [5.41, 5.74) is 2.95. The molecule has 0 bridgehead atoms. The molecule has 2 heterocycles. The van der Waals surface area contributed by atoms with Crippen molar-refractivity contribution in [3.63, 3.8) is 0 Å². The lowest BCUT2D eigenvalue weighted by molar-refractivity contribution is 0.0971. The summed E-state index contributed by atoms with van der Waals surface area (Å²) in [6.07, 6.45) is 0.760. The Morgan fingerprint density at radius 3 is 2.52 bits per heavy atom. The molecule has 0 aliphatic rings. The van der Waals surface area contributed by atoms with Gasteiger partial charge in [0.1, 0.15) is 22.1 Å². The Morgan fingerprint density at radius 2 is 1.88 bits per heavy atom. The summed E-state index contributed by atoms with van der Waals surface area (Å²) in [4.78, 5) is 13.6. The minimum atomic E-state index is -0.428. The van der Waals surface area contributed by atoms with Crippen LogP contribution in [-0.2, 0) is 6.42 Å². The van der Waals surface area contributed by atoms with Crippen molar-refractivity contribution in [2.75, 3.05) is 19.5 Å². The molecule has 0 unspecified atom stereocenters. The largest absolute Gasteiger partial charge is 0.496 e. The third-order valence-corrected chi connectivity index (χ3v) is 6.13. The summed E-state index contributed by atoms with van der Waals surface area (Å²) >= 11 is 6.84. The summed E-state index contributed by atoms with van der Waals surface area (Å²) < 4.78 is 12.4. The van der Waals surface area contributed by atoms with Gasteiger partial charge in [0.2, 0.25) is 4.96 Å². The van der Waals surface area contributed by atoms with Gasteiger partial charge in [-0.05, 0) is 55.0 Å². The molecule has 0 aliphatic heterocycles. The van der Waals surface area contributed by atoms with Crippen molar-refractivity contribution in [3.05, 3.63) is 53.3 Å². The van der Waals surface area contributed by atoms with E-state index in [-0.39, 0.29) is 10.7 Å². The summed E-state index contributed by atoms with van der Waals surface area (Å²) in [5, 5.41) is 19.7. The molecule has 4 aromatic rings. The molecule has 2 N–H and O–H groups in total. The fourth-order valence-electron chi connectivity index (χ4n) is 3.33. The number of benzene rings is 2. The smallest absolute Gasteiger partial charge is 0.264 e. The third-order valence-electron chi connectivity index (χ3n) is 4.98. The van der Waals surface area contributed by atoms with Gasteiger partial charge in [-0.2, -0.15) is 9.61 Å². The van der Waals surface area contributed by atoms with Gasteiger partial charge in [-0.1, -0.05) is 24.3 Å². The van der Waals surface area contributed by atoms with Crippen molar-refractivity contribution >= 4 is 45.2 Å². The first kappa shape index (κ1) is 22.6. The summed E-state index contributed by atoms with van der Waals surface area (Å²) in [6.45, 7) is 3.98. The highest BCUT2D eigenvalue weighted by Crippen LogP contribution is 2.30. The minimum absolute atomic E-state index is 0.162. The number of nitrogens with zero attached hydrogens (tertiary/aromatic N) is 4. The predicted octanol–water partition coefficient (Wildman–Crippen LogP) is 3.87. The van der Waals surface area contributed by atoms with E-state index in [0.29, 0.717) is 11.5 Å². The van der Waals surface area contributed by atoms with E-state index in [4.69, 9.17) is 21.7 Å². The zero-order valence-corrected chi connectivity index (χ0v) is 20.1. The second-order valence-corrected chi connectivity index (χ2v) is 8.41. The van der Waals surface area contributed by atoms with E-state index in [1.807, 2.05) is 32.0 Å². The third kappa shape index (κ3) is 4.50. The number of aromatic nitrogens is 4. The number of carbonyl (C=O) groups excluding carboxylic acids is 1. The lowest BCUT2D eigenvalue weighted by Crippen LogP contribution is -2.34. The summed E-state index contributed by atoms with van der Waals surface area (Å²) in [5.74, 6) is 1.19. The average molecular weight is 483 g/mol. The molecular weight excluding hydrogens is 460 g/mol. The number of anilines is 1. The zero-order valence-electron chi connectivity index (χ0n) is 18.5. The monoisotopic (exact) mass is 482 g/mol. The molecule has 2 aromatic heterocycles. The molecular formula is C22H22N6O3S2. The first-order valence-electron chi connectivity index (χ1n) is 10.1. The molecule has 1 amide bonds. The standard InChI is InChI=1S/C22H22N6O3S2/c1-5-17-25-26-22-28(17)27-20(33-22)13-9-10-14(12(2)11-13)23-21(32)24-19(29)18-15(30-3)7-6-8-16(18)31-4/h6-11H,5H2,1-4H3,(H2,23,24,29,32). The molecule has 0 atom stereocenters. The van der Waals surface area contributed by atoms with Gasteiger partial charge in [-0.15, -0.1) is 10.2 Å². The van der Waals surface area contributed by atoms with Crippen molar-refractivity contribution in [3.8, 4) is 22.1 Å². The number of thiocarbonyl (C=S) groups is 1. The average Bonchev–Trinajstić information content (AvgIpc) is 3.40. The van der Waals surface area contributed by atoms with E-state index >= 15 is 0 Å². The number of aryl methyl sites for hydroxylation is 2. The van der Waals surface area contributed by atoms with E-state index in [1.54, 1.807) is 22.7 Å². The SMILES string of the molecule is CCc1nnc2sc(-c3ccc(NC(=S)NC(=O)c4c(OC)cccc4OC)c(C)c3)nn12. The Hall–Kier alpha value is -3.57. The molecule has 0 spiro atoms. The normalized spacial score (nSPS) is 10.8. The second-order valence-electron chi connectivity index (χ2n) is 7.05. The van der Waals surface area contributed by atoms with Gasteiger partial charge in [-0.25, -0.2) is 0 Å². The van der Waals surface area contributed by atoms with Crippen LogP contribution in [0.15, 0.2) is 36.4 Å². The van der Waals surface area contributed by atoms with Crippen LogP contribution in [0.1, 0.15) is 28.7 Å². The number of fused-ring (bicyclic) bond motifs is 1. The predicted molar refractivity (Wildman–Crippen MR) is 131 cm³/mol. The maximum absolute atomic E-state index is 12.8. The van der Waals surface area contributed by atoms with E-state index in [9.17, 15) is 4.79 Å². The lowest BCUT2D eigenvalue weighted by Gasteiger charge is -2.15. The number of hydrogen-bond acceptors (Lipinski definition) is 8. The number of ether oxygens (including phenoxy) is 2. The highest BCUT2D eigenvalue weighted by molar-refractivity contribution is 7.80. The van der Waals surface area contributed by atoms with Crippen LogP contribution in [0.4, 0.5) is 5.69 Å². The molecule has 0 fully saturated rings. The maximum Gasteiger partial charge on any atom is 0.264 e. The van der Waals surface area contributed by atoms with E-state index < -0.39 is 5.91 Å². The van der Waals surface area contributed by atoms with Gasteiger partial charge in [0, 0.05) is 17.7 Å². The Kier molecular flexibility index (Phi) is 6.52. The highest BCUT2D eigenvalue weighted by Gasteiger charge is 2.19. The van der Waals surface area contributed by atoms with Gasteiger partial charge < -0.3 is 14.8 Å². The van der Waals surface area contributed by atoms with Gasteiger partial charge in [0.05, 0.1) is 14.2 Å². The molecule has 0 saturated heterocycles. The molecule has 170 valence electrons. The Labute approximate surface area is 199 Å². The van der Waals surface area contributed by atoms with E-state index in [2.05, 4.69) is 25.9 Å². The van der Waals surface area contributed by atoms with Crippen molar-refractivity contribution in [2.45, 2.75) is 20.3 Å². The van der Waals surface area contributed by atoms with Crippen molar-refractivity contribution in [2.24, 2.45) is 0 Å². The van der Waals surface area contributed by atoms with Crippen LogP contribution in [0.5, 0.6) is 11.5 Å². The Morgan fingerprint density at radius 1 is 1.15 bits per heavy atom. The van der Waals surface area contributed by atoms with Crippen molar-refractivity contribution in [1.29, 1.82) is 0 Å². The van der Waals surface area contributed by atoms with E-state index in [1.165, 1.54) is 25.6 Å². The molecule has 0 aliphatic carbocycles. The van der Waals surface area contributed by atoms with E-state index in [0.717, 1.165) is 39.0 Å². The number of nitrogens with one attached hydrogen (secondary N) is 2. The molecule has 33 heavy (non-hydrogen) atoms. The molecule has 4 rings (SSSR count). The fourth-order valence-corrected chi connectivity index (χ4v) is 4.38.